The number of carbonyl (C=O) groups is 1. The summed E-state index contributed by atoms with van der Waals surface area (Å²) in [6.07, 6.45) is 4.92. The molecule has 2 atom stereocenters. The van der Waals surface area contributed by atoms with Gasteiger partial charge in [-0.1, -0.05) is 6.42 Å². The molecule has 0 aromatic carbocycles. The Balaban J connectivity index is 1.71. The Hall–Kier alpha value is -1.66. The second kappa shape index (κ2) is 5.99. The van der Waals surface area contributed by atoms with Gasteiger partial charge in [0.2, 0.25) is 0 Å². The molecule has 0 aliphatic heterocycles. The van der Waals surface area contributed by atoms with E-state index >= 15 is 0 Å². The highest BCUT2D eigenvalue weighted by atomic mass is 32.1. The van der Waals surface area contributed by atoms with Crippen LogP contribution >= 0.6 is 11.3 Å². The van der Waals surface area contributed by atoms with Gasteiger partial charge in [-0.2, -0.15) is 0 Å². The second-order valence-electron chi connectivity index (χ2n) is 5.54. The molecule has 21 heavy (non-hydrogen) atoms. The van der Waals surface area contributed by atoms with Gasteiger partial charge in [-0.15, -0.1) is 11.3 Å². The van der Waals surface area contributed by atoms with E-state index in [4.69, 9.17) is 5.73 Å². The number of nitrogens with zero attached hydrogens (tertiary/aromatic N) is 1. The van der Waals surface area contributed by atoms with Crippen molar-refractivity contribution in [3.63, 3.8) is 0 Å². The number of amides is 1. The average molecular weight is 305 g/mol. The second-order valence-corrected chi connectivity index (χ2v) is 6.59. The zero-order valence-electron chi connectivity index (χ0n) is 11.7. The number of fused-ring (bicyclic) bond motifs is 1. The van der Waals surface area contributed by atoms with Crippen molar-refractivity contribution < 1.29 is 9.90 Å². The van der Waals surface area contributed by atoms with Gasteiger partial charge < -0.3 is 16.2 Å². The number of anilines is 1. The molecule has 4 N–H and O–H groups in total. The first-order valence-electron chi connectivity index (χ1n) is 7.22. The molecule has 5 nitrogen and oxygen atoms in total. The lowest BCUT2D eigenvalue weighted by atomic mass is 9.97. The highest BCUT2D eigenvalue weighted by molar-refractivity contribution is 7.21. The summed E-state index contributed by atoms with van der Waals surface area (Å²) in [5.74, 6) is 0.540. The van der Waals surface area contributed by atoms with Gasteiger partial charge in [-0.3, -0.25) is 9.78 Å². The number of nitrogens with two attached hydrogens (primary N) is 1. The zero-order valence-corrected chi connectivity index (χ0v) is 12.5. The third-order valence-electron chi connectivity index (χ3n) is 4.26. The van der Waals surface area contributed by atoms with Crippen molar-refractivity contribution in [2.24, 2.45) is 11.8 Å². The first-order valence-corrected chi connectivity index (χ1v) is 8.04. The maximum Gasteiger partial charge on any atom is 0.263 e. The van der Waals surface area contributed by atoms with Crippen molar-refractivity contribution in [2.75, 3.05) is 18.9 Å². The van der Waals surface area contributed by atoms with Gasteiger partial charge in [0, 0.05) is 19.3 Å². The normalized spacial score (nSPS) is 21.8. The van der Waals surface area contributed by atoms with E-state index in [0.717, 1.165) is 24.0 Å². The summed E-state index contributed by atoms with van der Waals surface area (Å²) < 4.78 is 0.925. The van der Waals surface area contributed by atoms with Crippen LogP contribution in [0.15, 0.2) is 18.3 Å². The van der Waals surface area contributed by atoms with Crippen molar-refractivity contribution >= 4 is 33.1 Å². The quantitative estimate of drug-likeness (QED) is 0.806. The molecule has 1 aliphatic rings. The largest absolute Gasteiger partial charge is 0.396 e. The molecule has 2 unspecified atom stereocenters. The number of aliphatic hydroxyl groups excluding tert-OH is 1. The minimum absolute atomic E-state index is 0.140. The lowest BCUT2D eigenvalue weighted by Gasteiger charge is -2.17. The van der Waals surface area contributed by atoms with E-state index in [1.165, 1.54) is 11.3 Å². The van der Waals surface area contributed by atoms with Gasteiger partial charge in [0.15, 0.2) is 0 Å². The SMILES string of the molecule is Nc1c(C(=O)NCC2CCCC2CO)sc2cccnc12. The van der Waals surface area contributed by atoms with Crippen molar-refractivity contribution in [1.29, 1.82) is 0 Å². The molecular formula is C15H19N3O2S. The molecule has 1 aliphatic carbocycles. The van der Waals surface area contributed by atoms with Crippen LogP contribution in [0.5, 0.6) is 0 Å². The molecule has 0 saturated heterocycles. The Kier molecular flexibility index (Phi) is 4.07. The molecule has 2 aromatic rings. The van der Waals surface area contributed by atoms with E-state index in [0.29, 0.717) is 34.5 Å². The Morgan fingerprint density at radius 2 is 2.29 bits per heavy atom. The maximum absolute atomic E-state index is 12.3. The van der Waals surface area contributed by atoms with Crippen LogP contribution in [0.25, 0.3) is 10.2 Å². The van der Waals surface area contributed by atoms with Crippen LogP contribution in [0.3, 0.4) is 0 Å². The summed E-state index contributed by atoms with van der Waals surface area (Å²) in [4.78, 5) is 17.1. The Bertz CT molecular complexity index is 655. The van der Waals surface area contributed by atoms with Crippen LogP contribution < -0.4 is 11.1 Å². The van der Waals surface area contributed by atoms with Crippen LogP contribution in [-0.4, -0.2) is 29.1 Å². The Morgan fingerprint density at radius 3 is 3.05 bits per heavy atom. The number of pyridine rings is 1. The van der Waals surface area contributed by atoms with E-state index < -0.39 is 0 Å². The van der Waals surface area contributed by atoms with Gasteiger partial charge in [-0.25, -0.2) is 0 Å². The molecule has 6 heteroatoms. The zero-order chi connectivity index (χ0) is 14.8. The lowest BCUT2D eigenvalue weighted by Crippen LogP contribution is -2.31. The summed E-state index contributed by atoms with van der Waals surface area (Å²) in [5.41, 5.74) is 7.18. The smallest absolute Gasteiger partial charge is 0.263 e. The fourth-order valence-electron chi connectivity index (χ4n) is 3.04. The van der Waals surface area contributed by atoms with E-state index in [9.17, 15) is 9.90 Å². The minimum atomic E-state index is -0.140. The molecule has 1 fully saturated rings. The topological polar surface area (TPSA) is 88.2 Å². The van der Waals surface area contributed by atoms with Crippen LogP contribution in [0.1, 0.15) is 28.9 Å². The molecule has 112 valence electrons. The van der Waals surface area contributed by atoms with Gasteiger partial charge in [0.25, 0.3) is 5.91 Å². The molecule has 3 rings (SSSR count). The molecule has 2 heterocycles. The number of aliphatic hydroxyl groups is 1. The van der Waals surface area contributed by atoms with Crippen LogP contribution in [0.2, 0.25) is 0 Å². The molecule has 1 saturated carbocycles. The van der Waals surface area contributed by atoms with Gasteiger partial charge in [0.1, 0.15) is 10.4 Å². The number of carbonyl (C=O) groups excluding carboxylic acids is 1. The predicted octanol–water partition coefficient (Wildman–Crippen LogP) is 2.02. The number of aromatic nitrogens is 1. The average Bonchev–Trinajstić information content (AvgIpc) is 3.09. The molecule has 1 amide bonds. The third kappa shape index (κ3) is 2.73. The number of thiophene rings is 1. The lowest BCUT2D eigenvalue weighted by molar-refractivity contribution is 0.0942. The van der Waals surface area contributed by atoms with E-state index in [1.807, 2.05) is 12.1 Å². The number of rotatable bonds is 4. The van der Waals surface area contributed by atoms with E-state index in [2.05, 4.69) is 10.3 Å². The summed E-state index contributed by atoms with van der Waals surface area (Å²) in [6, 6.07) is 3.75. The summed E-state index contributed by atoms with van der Waals surface area (Å²) in [6.45, 7) is 0.806. The molecule has 0 bridgehead atoms. The van der Waals surface area contributed by atoms with Gasteiger partial charge in [-0.05, 0) is 36.8 Å². The number of nitrogen functional groups attached to an aromatic ring is 1. The summed E-state index contributed by atoms with van der Waals surface area (Å²) in [5, 5.41) is 12.3. The molecule has 0 radical (unpaired) electrons. The first-order chi connectivity index (χ1) is 10.2. The van der Waals surface area contributed by atoms with Crippen molar-refractivity contribution in [1.82, 2.24) is 10.3 Å². The van der Waals surface area contributed by atoms with Crippen LogP contribution in [0.4, 0.5) is 5.69 Å². The van der Waals surface area contributed by atoms with Gasteiger partial charge in [0.05, 0.1) is 10.4 Å². The third-order valence-corrected chi connectivity index (χ3v) is 5.42. The van der Waals surface area contributed by atoms with Crippen molar-refractivity contribution in [3.8, 4) is 0 Å². The summed E-state index contributed by atoms with van der Waals surface area (Å²) >= 11 is 1.37. The molecular weight excluding hydrogens is 286 g/mol. The number of hydrogen-bond donors (Lipinski definition) is 3. The first kappa shape index (κ1) is 14.3. The van der Waals surface area contributed by atoms with Gasteiger partial charge >= 0.3 is 0 Å². The molecule has 0 spiro atoms. The Morgan fingerprint density at radius 1 is 1.48 bits per heavy atom. The number of nitrogens with one attached hydrogen (secondary N) is 1. The maximum atomic E-state index is 12.3. The van der Waals surface area contributed by atoms with E-state index in [-0.39, 0.29) is 12.5 Å². The number of hydrogen-bond acceptors (Lipinski definition) is 5. The highest BCUT2D eigenvalue weighted by Gasteiger charge is 2.27. The Labute approximate surface area is 127 Å². The van der Waals surface area contributed by atoms with Crippen molar-refractivity contribution in [3.05, 3.63) is 23.2 Å². The fraction of sp³-hybridized carbons (Fsp3) is 0.467. The highest BCUT2D eigenvalue weighted by Crippen LogP contribution is 2.33. The summed E-state index contributed by atoms with van der Waals surface area (Å²) in [7, 11) is 0. The molecule has 2 aromatic heterocycles. The van der Waals surface area contributed by atoms with Crippen molar-refractivity contribution in [2.45, 2.75) is 19.3 Å². The minimum Gasteiger partial charge on any atom is -0.396 e. The fourth-order valence-corrected chi connectivity index (χ4v) is 4.04. The van der Waals surface area contributed by atoms with E-state index in [1.54, 1.807) is 6.20 Å². The van der Waals surface area contributed by atoms with Crippen LogP contribution in [-0.2, 0) is 0 Å². The predicted molar refractivity (Wildman–Crippen MR) is 84.3 cm³/mol. The van der Waals surface area contributed by atoms with Crippen LogP contribution in [0, 0.1) is 11.8 Å². The standard InChI is InChI=1S/C15H19N3O2S/c16-12-13-11(5-2-6-17-13)21-14(12)15(20)18-7-9-3-1-4-10(9)8-19/h2,5-6,9-10,19H,1,3-4,7-8,16H2,(H,18,20). The monoisotopic (exact) mass is 305 g/mol.